The van der Waals surface area contributed by atoms with E-state index in [1.54, 1.807) is 24.3 Å². The third kappa shape index (κ3) is 5.78. The van der Waals surface area contributed by atoms with Crippen molar-refractivity contribution in [2.75, 3.05) is 0 Å². The maximum atomic E-state index is 12.1. The number of hydrogen-bond donors (Lipinski definition) is 2. The number of nitrogens with one attached hydrogen (secondary N) is 2. The van der Waals surface area contributed by atoms with Gasteiger partial charge in [-0.05, 0) is 24.6 Å². The molecule has 0 saturated heterocycles. The Bertz CT molecular complexity index is 903. The Balaban J connectivity index is 1.92. The number of nitro benzene ring substituents is 1. The van der Waals surface area contributed by atoms with E-state index in [0.717, 1.165) is 17.7 Å². The number of rotatable bonds is 6. The third-order valence-corrected chi connectivity index (χ3v) is 3.80. The van der Waals surface area contributed by atoms with Crippen LogP contribution in [0, 0.1) is 10.1 Å². The van der Waals surface area contributed by atoms with E-state index in [0.29, 0.717) is 0 Å². The van der Waals surface area contributed by atoms with E-state index in [-0.39, 0.29) is 17.1 Å². The van der Waals surface area contributed by atoms with Crippen LogP contribution in [0.2, 0.25) is 5.02 Å². The van der Waals surface area contributed by atoms with Gasteiger partial charge in [-0.25, -0.2) is 9.59 Å². The van der Waals surface area contributed by atoms with Gasteiger partial charge >= 0.3 is 12.0 Å². The largest absolute Gasteiger partial charge is 0.449 e. The monoisotopic (exact) mass is 405 g/mol. The minimum Gasteiger partial charge on any atom is -0.449 e. The van der Waals surface area contributed by atoms with Gasteiger partial charge in [-0.1, -0.05) is 41.9 Å². The van der Waals surface area contributed by atoms with Gasteiger partial charge in [0.2, 0.25) is 0 Å². The van der Waals surface area contributed by atoms with Crippen molar-refractivity contribution in [3.8, 4) is 0 Å². The maximum Gasteiger partial charge on any atom is 0.345 e. The minimum absolute atomic E-state index is 0.0733. The van der Waals surface area contributed by atoms with E-state index >= 15 is 0 Å². The fourth-order valence-electron chi connectivity index (χ4n) is 2.14. The molecule has 0 radical (unpaired) electrons. The summed E-state index contributed by atoms with van der Waals surface area (Å²) in [5.74, 6) is -1.97. The number of nitro groups is 1. The van der Waals surface area contributed by atoms with Crippen LogP contribution in [0.15, 0.2) is 48.5 Å². The molecule has 10 heteroatoms. The van der Waals surface area contributed by atoms with E-state index in [4.69, 9.17) is 16.3 Å². The normalized spacial score (nSPS) is 11.2. The topological polar surface area (TPSA) is 128 Å². The van der Waals surface area contributed by atoms with Crippen molar-refractivity contribution in [2.24, 2.45) is 0 Å². The van der Waals surface area contributed by atoms with Crippen LogP contribution in [0.5, 0.6) is 0 Å². The first-order valence-corrected chi connectivity index (χ1v) is 8.43. The van der Waals surface area contributed by atoms with E-state index in [1.165, 1.54) is 13.0 Å². The summed E-state index contributed by atoms with van der Waals surface area (Å²) < 4.78 is 4.91. The zero-order valence-corrected chi connectivity index (χ0v) is 15.4. The molecule has 0 fully saturated rings. The number of esters is 1. The number of amides is 3. The lowest BCUT2D eigenvalue weighted by molar-refractivity contribution is -0.385. The number of imide groups is 1. The van der Waals surface area contributed by atoms with Gasteiger partial charge in [0.1, 0.15) is 5.56 Å². The summed E-state index contributed by atoms with van der Waals surface area (Å²) in [5, 5.41) is 15.6. The molecule has 9 nitrogen and oxygen atoms in total. The Labute approximate surface area is 164 Å². The van der Waals surface area contributed by atoms with E-state index in [2.05, 4.69) is 5.32 Å². The van der Waals surface area contributed by atoms with Crippen LogP contribution in [0.25, 0.3) is 0 Å². The minimum atomic E-state index is -1.36. The number of benzene rings is 2. The predicted molar refractivity (Wildman–Crippen MR) is 99.8 cm³/mol. The van der Waals surface area contributed by atoms with Gasteiger partial charge in [-0.15, -0.1) is 0 Å². The number of carbonyl (C=O) groups is 3. The van der Waals surface area contributed by atoms with Crippen molar-refractivity contribution in [2.45, 2.75) is 19.6 Å². The molecule has 0 heterocycles. The molecule has 146 valence electrons. The summed E-state index contributed by atoms with van der Waals surface area (Å²) in [6.45, 7) is 1.44. The van der Waals surface area contributed by atoms with Crippen LogP contribution in [0.3, 0.4) is 0 Å². The summed E-state index contributed by atoms with van der Waals surface area (Å²) in [4.78, 5) is 46.2. The summed E-state index contributed by atoms with van der Waals surface area (Å²) in [5.41, 5.74) is -0.0760. The second-order valence-corrected chi connectivity index (χ2v) is 6.06. The van der Waals surface area contributed by atoms with Gasteiger partial charge in [0.25, 0.3) is 11.6 Å². The fraction of sp³-hybridized carbons (Fsp3) is 0.167. The molecule has 1 atom stereocenters. The van der Waals surface area contributed by atoms with Crippen molar-refractivity contribution < 1.29 is 24.0 Å². The number of hydrogen-bond acceptors (Lipinski definition) is 6. The molecule has 0 aliphatic rings. The third-order valence-electron chi connectivity index (χ3n) is 3.56. The SMILES string of the molecule is CC(OC(=O)c1ccc(Cl)cc1[N+](=O)[O-])C(=O)NC(=O)NCc1ccccc1. The molecule has 0 bridgehead atoms. The second kappa shape index (κ2) is 9.47. The smallest absolute Gasteiger partial charge is 0.345 e. The van der Waals surface area contributed by atoms with Crippen LogP contribution in [-0.4, -0.2) is 28.9 Å². The van der Waals surface area contributed by atoms with Crippen LogP contribution in [-0.2, 0) is 16.1 Å². The molecule has 2 N–H and O–H groups in total. The summed E-state index contributed by atoms with van der Waals surface area (Å²) >= 11 is 5.69. The highest BCUT2D eigenvalue weighted by atomic mass is 35.5. The van der Waals surface area contributed by atoms with Gasteiger partial charge in [-0.2, -0.15) is 0 Å². The first kappa shape index (κ1) is 20.8. The highest BCUT2D eigenvalue weighted by Gasteiger charge is 2.26. The Morgan fingerprint density at radius 1 is 1.18 bits per heavy atom. The van der Waals surface area contributed by atoms with E-state index in [9.17, 15) is 24.5 Å². The summed E-state index contributed by atoms with van der Waals surface area (Å²) in [7, 11) is 0. The number of ether oxygens (including phenoxy) is 1. The Morgan fingerprint density at radius 2 is 1.86 bits per heavy atom. The first-order valence-electron chi connectivity index (χ1n) is 8.05. The molecule has 0 aliphatic carbocycles. The molecular weight excluding hydrogens is 390 g/mol. The predicted octanol–water partition coefficient (Wildman–Crippen LogP) is 2.82. The number of halogens is 1. The van der Waals surface area contributed by atoms with Gasteiger partial charge in [0, 0.05) is 17.6 Å². The van der Waals surface area contributed by atoms with Crippen molar-refractivity contribution in [3.63, 3.8) is 0 Å². The van der Waals surface area contributed by atoms with Crippen molar-refractivity contribution in [1.82, 2.24) is 10.6 Å². The van der Waals surface area contributed by atoms with Gasteiger partial charge < -0.3 is 10.1 Å². The van der Waals surface area contributed by atoms with Gasteiger partial charge in [-0.3, -0.25) is 20.2 Å². The molecule has 2 aromatic rings. The zero-order valence-electron chi connectivity index (χ0n) is 14.7. The van der Waals surface area contributed by atoms with Crippen molar-refractivity contribution in [1.29, 1.82) is 0 Å². The number of nitrogens with zero attached hydrogens (tertiary/aromatic N) is 1. The lowest BCUT2D eigenvalue weighted by atomic mass is 10.2. The highest BCUT2D eigenvalue weighted by Crippen LogP contribution is 2.24. The molecule has 0 aromatic heterocycles. The van der Waals surface area contributed by atoms with Gasteiger partial charge in [0.05, 0.1) is 4.92 Å². The standard InChI is InChI=1S/C18H16ClN3O6/c1-11(16(23)21-18(25)20-10-12-5-3-2-4-6-12)28-17(24)14-8-7-13(19)9-15(14)22(26)27/h2-9,11H,10H2,1H3,(H2,20,21,23,25). The summed E-state index contributed by atoms with van der Waals surface area (Å²) in [6.07, 6.45) is -1.36. The Morgan fingerprint density at radius 3 is 2.50 bits per heavy atom. The lowest BCUT2D eigenvalue weighted by Crippen LogP contribution is -2.44. The van der Waals surface area contributed by atoms with Gasteiger partial charge in [0.15, 0.2) is 6.10 Å². The molecule has 0 saturated carbocycles. The van der Waals surface area contributed by atoms with E-state index in [1.807, 2.05) is 11.4 Å². The van der Waals surface area contributed by atoms with Crippen LogP contribution in [0.1, 0.15) is 22.8 Å². The average Bonchev–Trinajstić information content (AvgIpc) is 2.66. The maximum absolute atomic E-state index is 12.1. The Hall–Kier alpha value is -3.46. The molecular formula is C18H16ClN3O6. The molecule has 2 rings (SSSR count). The molecule has 1 unspecified atom stereocenters. The quantitative estimate of drug-likeness (QED) is 0.432. The zero-order chi connectivity index (χ0) is 20.7. The van der Waals surface area contributed by atoms with E-state index < -0.39 is 34.6 Å². The number of carbonyl (C=O) groups excluding carboxylic acids is 3. The van der Waals surface area contributed by atoms with Crippen molar-refractivity contribution in [3.05, 3.63) is 74.8 Å². The average molecular weight is 406 g/mol. The van der Waals surface area contributed by atoms with Crippen molar-refractivity contribution >= 4 is 35.2 Å². The van der Waals surface area contributed by atoms with Crippen LogP contribution < -0.4 is 10.6 Å². The Kier molecular flexibility index (Phi) is 7.05. The van der Waals surface area contributed by atoms with Crippen LogP contribution in [0.4, 0.5) is 10.5 Å². The fourth-order valence-corrected chi connectivity index (χ4v) is 2.31. The summed E-state index contributed by atoms with van der Waals surface area (Å²) in [6, 6.07) is 11.7. The molecule has 3 amide bonds. The number of urea groups is 1. The first-order chi connectivity index (χ1) is 13.3. The molecule has 0 aliphatic heterocycles. The lowest BCUT2D eigenvalue weighted by Gasteiger charge is -2.13. The molecule has 28 heavy (non-hydrogen) atoms. The second-order valence-electron chi connectivity index (χ2n) is 5.62. The molecule has 0 spiro atoms. The molecule has 2 aromatic carbocycles. The highest BCUT2D eigenvalue weighted by molar-refractivity contribution is 6.31. The van der Waals surface area contributed by atoms with Crippen LogP contribution >= 0.6 is 11.6 Å².